The van der Waals surface area contributed by atoms with Gasteiger partial charge in [-0.2, -0.15) is 0 Å². The minimum Gasteiger partial charge on any atom is -0.479 e. The number of amides is 5. The van der Waals surface area contributed by atoms with Crippen LogP contribution in [0.1, 0.15) is 83.7 Å². The molecule has 1 saturated carbocycles. The molecule has 0 bridgehead atoms. The van der Waals surface area contributed by atoms with Gasteiger partial charge >= 0.3 is 12.1 Å². The second kappa shape index (κ2) is 20.9. The normalized spacial score (nSPS) is 17.3. The molecule has 4 atom stereocenters. The summed E-state index contributed by atoms with van der Waals surface area (Å²) < 4.78 is 16.3. The van der Waals surface area contributed by atoms with Crippen LogP contribution in [0.5, 0.6) is 0 Å². The molecule has 16 nitrogen and oxygen atoms in total. The standard InChI is InChI=1S/C35H51N5O11/c1-4-11-24(30(42)33(45)36-19-26(41)39-29(34(46)47)23-14-9-6-10-15-23)37-31(43)25(18-27-49-16-17-50-27)38-32(44)28(22-12-7-5-8-13-22)40-35(48)51-20-21(2)3/h6,9-10,14-15,21-22,24-25,27-29H,4-5,7-8,11-13,16-20H2,1-3H3,(H,36,45)(H,37,43)(H,38,44)(H,39,41)(H,40,48)(H,46,47)/t24?,25-,28-,29?/m0/s1. The number of alkyl carbamates (subject to hydrolysis) is 1. The van der Waals surface area contributed by atoms with Crippen LogP contribution in [0.15, 0.2) is 30.3 Å². The molecule has 1 aliphatic carbocycles. The van der Waals surface area contributed by atoms with Crippen LogP contribution in [0.4, 0.5) is 4.79 Å². The van der Waals surface area contributed by atoms with Gasteiger partial charge in [0, 0.05) is 6.42 Å². The van der Waals surface area contributed by atoms with Crippen molar-refractivity contribution in [2.24, 2.45) is 11.8 Å². The highest BCUT2D eigenvalue weighted by Crippen LogP contribution is 2.27. The number of carbonyl (C=O) groups is 7. The molecular formula is C35H51N5O11. The molecule has 0 spiro atoms. The van der Waals surface area contributed by atoms with E-state index >= 15 is 0 Å². The molecule has 0 aromatic heterocycles. The molecule has 1 saturated heterocycles. The van der Waals surface area contributed by atoms with Crippen LogP contribution in [0.3, 0.4) is 0 Å². The first-order valence-electron chi connectivity index (χ1n) is 17.6. The van der Waals surface area contributed by atoms with Gasteiger partial charge in [0.05, 0.1) is 32.4 Å². The van der Waals surface area contributed by atoms with Gasteiger partial charge in [0.15, 0.2) is 12.3 Å². The van der Waals surface area contributed by atoms with Gasteiger partial charge in [-0.3, -0.25) is 24.0 Å². The predicted molar refractivity (Wildman–Crippen MR) is 182 cm³/mol. The molecule has 1 aromatic rings. The Labute approximate surface area is 297 Å². The van der Waals surface area contributed by atoms with Gasteiger partial charge in [0.25, 0.3) is 5.91 Å². The first-order chi connectivity index (χ1) is 24.4. The smallest absolute Gasteiger partial charge is 0.407 e. The summed E-state index contributed by atoms with van der Waals surface area (Å²) >= 11 is 0. The van der Waals surface area contributed by atoms with Crippen LogP contribution >= 0.6 is 0 Å². The van der Waals surface area contributed by atoms with Gasteiger partial charge in [-0.25, -0.2) is 9.59 Å². The highest BCUT2D eigenvalue weighted by Gasteiger charge is 2.37. The Morgan fingerprint density at radius 2 is 1.51 bits per heavy atom. The molecule has 1 heterocycles. The Balaban J connectivity index is 1.68. The number of carboxylic acid groups (broad SMARTS) is 1. The summed E-state index contributed by atoms with van der Waals surface area (Å²) in [6.45, 7) is 5.54. The molecule has 1 aromatic carbocycles. The van der Waals surface area contributed by atoms with E-state index in [1.54, 1.807) is 25.1 Å². The van der Waals surface area contributed by atoms with Crippen LogP contribution in [-0.2, 0) is 43.0 Å². The largest absolute Gasteiger partial charge is 0.479 e. The van der Waals surface area contributed by atoms with E-state index < -0.39 is 78.5 Å². The van der Waals surface area contributed by atoms with Crippen molar-refractivity contribution in [1.82, 2.24) is 26.6 Å². The average molecular weight is 718 g/mol. The lowest BCUT2D eigenvalue weighted by Crippen LogP contribution is -2.59. The third-order valence-electron chi connectivity index (χ3n) is 8.51. The topological polar surface area (TPSA) is 228 Å². The molecule has 3 rings (SSSR count). The van der Waals surface area contributed by atoms with E-state index in [9.17, 15) is 38.7 Å². The molecule has 16 heteroatoms. The second-order valence-electron chi connectivity index (χ2n) is 13.1. The first kappa shape index (κ1) is 40.9. The van der Waals surface area contributed by atoms with Crippen molar-refractivity contribution in [1.29, 1.82) is 0 Å². The van der Waals surface area contributed by atoms with Crippen LogP contribution in [0.2, 0.25) is 0 Å². The SMILES string of the molecule is CCCC(NC(=O)[C@H](CC1OCCO1)NC(=O)[C@@H](NC(=O)OCC(C)C)C1CCCCC1)C(=O)C(=O)NCC(=O)NC(C(=O)O)c1ccccc1. The fraction of sp³-hybridized carbons (Fsp3) is 0.629. The Hall–Kier alpha value is -4.57. The van der Waals surface area contributed by atoms with Crippen molar-refractivity contribution < 1.29 is 52.9 Å². The molecule has 2 unspecified atom stereocenters. The zero-order chi connectivity index (χ0) is 37.3. The Morgan fingerprint density at radius 1 is 0.863 bits per heavy atom. The third-order valence-corrected chi connectivity index (χ3v) is 8.51. The Bertz CT molecular complexity index is 1350. The lowest BCUT2D eigenvalue weighted by atomic mass is 9.83. The molecule has 5 amide bonds. The number of hydrogen-bond donors (Lipinski definition) is 6. The highest BCUT2D eigenvalue weighted by molar-refractivity contribution is 6.38. The van der Waals surface area contributed by atoms with Crippen molar-refractivity contribution >= 4 is 41.5 Å². The van der Waals surface area contributed by atoms with Crippen molar-refractivity contribution in [2.45, 2.75) is 103 Å². The van der Waals surface area contributed by atoms with Crippen LogP contribution in [0.25, 0.3) is 0 Å². The monoisotopic (exact) mass is 717 g/mol. The maximum absolute atomic E-state index is 13.8. The van der Waals surface area contributed by atoms with Crippen LogP contribution in [-0.4, -0.2) is 97.4 Å². The van der Waals surface area contributed by atoms with E-state index in [1.807, 2.05) is 13.8 Å². The summed E-state index contributed by atoms with van der Waals surface area (Å²) in [4.78, 5) is 90.4. The predicted octanol–water partition coefficient (Wildman–Crippen LogP) is 1.48. The van der Waals surface area contributed by atoms with Crippen molar-refractivity contribution in [3.05, 3.63) is 35.9 Å². The number of nitrogens with one attached hydrogen (secondary N) is 5. The van der Waals surface area contributed by atoms with E-state index in [1.165, 1.54) is 12.1 Å². The zero-order valence-corrected chi connectivity index (χ0v) is 29.4. The van der Waals surface area contributed by atoms with Crippen LogP contribution in [0, 0.1) is 11.8 Å². The maximum Gasteiger partial charge on any atom is 0.407 e. The average Bonchev–Trinajstić information content (AvgIpc) is 3.64. The molecule has 2 fully saturated rings. The molecule has 6 N–H and O–H groups in total. The lowest BCUT2D eigenvalue weighted by Gasteiger charge is -2.31. The summed E-state index contributed by atoms with van der Waals surface area (Å²) in [5.74, 6) is -5.87. The van der Waals surface area contributed by atoms with E-state index in [0.29, 0.717) is 24.8 Å². The zero-order valence-electron chi connectivity index (χ0n) is 29.4. The summed E-state index contributed by atoms with van der Waals surface area (Å²) in [5.41, 5.74) is 0.313. The molecule has 282 valence electrons. The minimum atomic E-state index is -1.38. The number of carboxylic acids is 1. The summed E-state index contributed by atoms with van der Waals surface area (Å²) in [5, 5.41) is 22.0. The Kier molecular flexibility index (Phi) is 16.8. The van der Waals surface area contributed by atoms with Gasteiger partial charge in [-0.15, -0.1) is 0 Å². The van der Waals surface area contributed by atoms with E-state index in [-0.39, 0.29) is 44.5 Å². The third kappa shape index (κ3) is 13.6. The fourth-order valence-electron chi connectivity index (χ4n) is 5.89. The number of ether oxygens (including phenoxy) is 3. The summed E-state index contributed by atoms with van der Waals surface area (Å²) in [6, 6.07) is 3.00. The molecule has 2 aliphatic rings. The first-order valence-corrected chi connectivity index (χ1v) is 17.6. The number of rotatable bonds is 19. The number of ketones is 1. The van der Waals surface area contributed by atoms with E-state index in [0.717, 1.165) is 19.3 Å². The van der Waals surface area contributed by atoms with E-state index in [4.69, 9.17) is 14.2 Å². The molecular weight excluding hydrogens is 666 g/mol. The van der Waals surface area contributed by atoms with Gasteiger partial charge in [0.1, 0.15) is 12.1 Å². The number of Topliss-reactive ketones (excluding diaryl/α,β-unsaturated/α-hetero) is 1. The van der Waals surface area contributed by atoms with Crippen molar-refractivity contribution in [3.63, 3.8) is 0 Å². The second-order valence-corrected chi connectivity index (χ2v) is 13.1. The van der Waals surface area contributed by atoms with E-state index in [2.05, 4.69) is 26.6 Å². The van der Waals surface area contributed by atoms with Gasteiger partial charge in [0.2, 0.25) is 23.5 Å². The number of aliphatic carboxylic acids is 1. The number of carbonyl (C=O) groups excluding carboxylic acids is 6. The summed E-state index contributed by atoms with van der Waals surface area (Å²) in [6.07, 6.45) is 2.91. The van der Waals surface area contributed by atoms with Gasteiger partial charge in [-0.1, -0.05) is 76.8 Å². The van der Waals surface area contributed by atoms with Crippen molar-refractivity contribution in [3.8, 4) is 0 Å². The molecule has 51 heavy (non-hydrogen) atoms. The van der Waals surface area contributed by atoms with Gasteiger partial charge < -0.3 is 45.9 Å². The van der Waals surface area contributed by atoms with Gasteiger partial charge in [-0.05, 0) is 36.7 Å². The number of benzene rings is 1. The Morgan fingerprint density at radius 3 is 2.12 bits per heavy atom. The quantitative estimate of drug-likeness (QED) is 0.112. The molecule has 0 radical (unpaired) electrons. The van der Waals surface area contributed by atoms with Crippen LogP contribution < -0.4 is 26.6 Å². The summed E-state index contributed by atoms with van der Waals surface area (Å²) in [7, 11) is 0. The maximum atomic E-state index is 13.8. The fourth-order valence-corrected chi connectivity index (χ4v) is 5.89. The highest BCUT2D eigenvalue weighted by atomic mass is 16.7. The minimum absolute atomic E-state index is 0.0598. The lowest BCUT2D eigenvalue weighted by molar-refractivity contribution is -0.143. The molecule has 1 aliphatic heterocycles. The van der Waals surface area contributed by atoms with Crippen molar-refractivity contribution in [2.75, 3.05) is 26.4 Å². The number of hydrogen-bond acceptors (Lipinski definition) is 10.